The van der Waals surface area contributed by atoms with Crippen molar-refractivity contribution in [3.63, 3.8) is 0 Å². The van der Waals surface area contributed by atoms with Crippen molar-refractivity contribution in [2.75, 3.05) is 29.9 Å². The molecule has 0 atom stereocenters. The number of benzene rings is 3. The first-order chi connectivity index (χ1) is 17.4. The highest BCUT2D eigenvalue weighted by Gasteiger charge is 2.25. The Kier molecular flexibility index (Phi) is 8.42. The lowest BCUT2D eigenvalue weighted by Gasteiger charge is -2.33. The van der Waals surface area contributed by atoms with Crippen LogP contribution in [0.15, 0.2) is 78.9 Å². The lowest BCUT2D eigenvalue weighted by Crippen LogP contribution is -2.35. The van der Waals surface area contributed by atoms with Gasteiger partial charge in [0, 0.05) is 31.0 Å². The maximum atomic E-state index is 13.6. The normalized spacial score (nSPS) is 14.2. The van der Waals surface area contributed by atoms with Gasteiger partial charge >= 0.3 is 0 Å². The Morgan fingerprint density at radius 1 is 0.889 bits per heavy atom. The van der Waals surface area contributed by atoms with Crippen LogP contribution in [0, 0.1) is 11.8 Å². The standard InChI is InChI=1S/C31H37N3O2/c1-22(2)21-32-30(35)27-20-26(14-15-28(27)34-18-16-23(3)17-19-34)33-31(36)29(24-10-6-4-7-11-24)25-12-8-5-9-13-25/h4-15,20,22-23,29H,16-19,21H2,1-3H3,(H,32,35)(H,33,36). The molecule has 1 saturated heterocycles. The average molecular weight is 484 g/mol. The molecule has 0 saturated carbocycles. The molecule has 0 aliphatic carbocycles. The van der Waals surface area contributed by atoms with Crippen LogP contribution in [-0.4, -0.2) is 31.4 Å². The van der Waals surface area contributed by atoms with E-state index in [1.54, 1.807) is 0 Å². The minimum atomic E-state index is -0.450. The molecule has 5 nitrogen and oxygen atoms in total. The molecule has 0 unspecified atom stereocenters. The Hall–Kier alpha value is -3.60. The Bertz CT molecular complexity index is 1110. The zero-order valence-electron chi connectivity index (χ0n) is 21.5. The van der Waals surface area contributed by atoms with E-state index in [9.17, 15) is 9.59 Å². The van der Waals surface area contributed by atoms with E-state index < -0.39 is 5.92 Å². The van der Waals surface area contributed by atoms with Gasteiger partial charge in [0.05, 0.1) is 11.5 Å². The van der Waals surface area contributed by atoms with Gasteiger partial charge in [-0.3, -0.25) is 9.59 Å². The summed E-state index contributed by atoms with van der Waals surface area (Å²) in [7, 11) is 0. The zero-order chi connectivity index (χ0) is 25.5. The Morgan fingerprint density at radius 2 is 1.47 bits per heavy atom. The van der Waals surface area contributed by atoms with Gasteiger partial charge < -0.3 is 15.5 Å². The van der Waals surface area contributed by atoms with Crippen molar-refractivity contribution >= 4 is 23.2 Å². The van der Waals surface area contributed by atoms with Gasteiger partial charge in [-0.15, -0.1) is 0 Å². The van der Waals surface area contributed by atoms with E-state index in [2.05, 4.69) is 36.3 Å². The molecule has 0 bridgehead atoms. The van der Waals surface area contributed by atoms with E-state index in [0.717, 1.165) is 42.7 Å². The van der Waals surface area contributed by atoms with Gasteiger partial charge in [-0.05, 0) is 54.0 Å². The van der Waals surface area contributed by atoms with Crippen molar-refractivity contribution in [1.29, 1.82) is 0 Å². The molecule has 0 radical (unpaired) electrons. The molecule has 1 aliphatic rings. The highest BCUT2D eigenvalue weighted by Crippen LogP contribution is 2.31. The first kappa shape index (κ1) is 25.5. The molecule has 2 amide bonds. The second-order valence-electron chi connectivity index (χ2n) is 10.2. The summed E-state index contributed by atoms with van der Waals surface area (Å²) >= 11 is 0. The van der Waals surface area contributed by atoms with Crippen molar-refractivity contribution in [3.8, 4) is 0 Å². The summed E-state index contributed by atoms with van der Waals surface area (Å²) in [4.78, 5) is 29.1. The number of hydrogen-bond donors (Lipinski definition) is 2. The lowest BCUT2D eigenvalue weighted by atomic mass is 9.90. The maximum absolute atomic E-state index is 13.6. The smallest absolute Gasteiger partial charge is 0.253 e. The van der Waals surface area contributed by atoms with E-state index >= 15 is 0 Å². The highest BCUT2D eigenvalue weighted by molar-refractivity contribution is 6.03. The molecule has 0 spiro atoms. The molecule has 3 aromatic rings. The number of hydrogen-bond acceptors (Lipinski definition) is 3. The van der Waals surface area contributed by atoms with Crippen molar-refractivity contribution in [3.05, 3.63) is 95.6 Å². The van der Waals surface area contributed by atoms with Crippen molar-refractivity contribution in [2.24, 2.45) is 11.8 Å². The number of nitrogens with zero attached hydrogens (tertiary/aromatic N) is 1. The van der Waals surface area contributed by atoms with E-state index in [4.69, 9.17) is 0 Å². The number of amides is 2. The summed E-state index contributed by atoms with van der Waals surface area (Å²) in [6.45, 7) is 8.91. The summed E-state index contributed by atoms with van der Waals surface area (Å²) < 4.78 is 0. The molecule has 36 heavy (non-hydrogen) atoms. The van der Waals surface area contributed by atoms with Gasteiger partial charge in [0.15, 0.2) is 0 Å². The van der Waals surface area contributed by atoms with Gasteiger partial charge in [-0.25, -0.2) is 0 Å². The first-order valence-corrected chi connectivity index (χ1v) is 13.0. The van der Waals surface area contributed by atoms with Crippen LogP contribution in [0.25, 0.3) is 0 Å². The fraction of sp³-hybridized carbons (Fsp3) is 0.355. The van der Waals surface area contributed by atoms with Gasteiger partial charge in [0.2, 0.25) is 5.91 Å². The minimum absolute atomic E-state index is 0.101. The number of carbonyl (C=O) groups excluding carboxylic acids is 2. The number of carbonyl (C=O) groups is 2. The van der Waals surface area contributed by atoms with Gasteiger partial charge in [-0.1, -0.05) is 81.4 Å². The Labute approximate surface area is 214 Å². The second kappa shape index (κ2) is 11.9. The van der Waals surface area contributed by atoms with Crippen LogP contribution in [0.5, 0.6) is 0 Å². The van der Waals surface area contributed by atoms with Crippen molar-refractivity contribution < 1.29 is 9.59 Å². The summed E-state index contributed by atoms with van der Waals surface area (Å²) in [5, 5.41) is 6.16. The molecule has 1 aliphatic heterocycles. The highest BCUT2D eigenvalue weighted by atomic mass is 16.2. The molecule has 0 aromatic heterocycles. The largest absolute Gasteiger partial charge is 0.371 e. The van der Waals surface area contributed by atoms with E-state index in [0.29, 0.717) is 29.6 Å². The van der Waals surface area contributed by atoms with Gasteiger partial charge in [0.25, 0.3) is 5.91 Å². The van der Waals surface area contributed by atoms with Crippen molar-refractivity contribution in [1.82, 2.24) is 5.32 Å². The van der Waals surface area contributed by atoms with Crippen LogP contribution in [0.2, 0.25) is 0 Å². The van der Waals surface area contributed by atoms with Crippen LogP contribution in [0.1, 0.15) is 61.0 Å². The summed E-state index contributed by atoms with van der Waals surface area (Å²) in [6, 6.07) is 25.3. The predicted molar refractivity (Wildman–Crippen MR) is 148 cm³/mol. The lowest BCUT2D eigenvalue weighted by molar-refractivity contribution is -0.116. The third kappa shape index (κ3) is 6.34. The van der Waals surface area contributed by atoms with Gasteiger partial charge in [0.1, 0.15) is 0 Å². The van der Waals surface area contributed by atoms with Crippen molar-refractivity contribution in [2.45, 2.75) is 39.5 Å². The summed E-state index contributed by atoms with van der Waals surface area (Å²) in [5.41, 5.74) is 4.02. The first-order valence-electron chi connectivity index (χ1n) is 13.0. The van der Waals surface area contributed by atoms with E-state index in [1.165, 1.54) is 0 Å². The number of nitrogens with one attached hydrogen (secondary N) is 2. The number of anilines is 2. The SMILES string of the molecule is CC(C)CNC(=O)c1cc(NC(=O)C(c2ccccc2)c2ccccc2)ccc1N1CCC(C)CC1. The number of piperidine rings is 1. The molecule has 188 valence electrons. The fourth-order valence-corrected chi connectivity index (χ4v) is 4.71. The second-order valence-corrected chi connectivity index (χ2v) is 10.2. The number of rotatable bonds is 8. The molecule has 2 N–H and O–H groups in total. The third-order valence-corrected chi connectivity index (χ3v) is 6.83. The van der Waals surface area contributed by atoms with E-state index in [-0.39, 0.29) is 11.8 Å². The van der Waals surface area contributed by atoms with E-state index in [1.807, 2.05) is 78.9 Å². The quantitative estimate of drug-likeness (QED) is 0.408. The Balaban J connectivity index is 1.63. The summed E-state index contributed by atoms with van der Waals surface area (Å²) in [6.07, 6.45) is 2.22. The Morgan fingerprint density at radius 3 is 2.03 bits per heavy atom. The third-order valence-electron chi connectivity index (χ3n) is 6.83. The zero-order valence-corrected chi connectivity index (χ0v) is 21.5. The monoisotopic (exact) mass is 483 g/mol. The minimum Gasteiger partial charge on any atom is -0.371 e. The molecule has 5 heteroatoms. The molecular weight excluding hydrogens is 446 g/mol. The van der Waals surface area contributed by atoms with Crippen LogP contribution in [0.3, 0.4) is 0 Å². The van der Waals surface area contributed by atoms with Gasteiger partial charge in [-0.2, -0.15) is 0 Å². The average Bonchev–Trinajstić information content (AvgIpc) is 2.89. The van der Waals surface area contributed by atoms with Crippen LogP contribution >= 0.6 is 0 Å². The maximum Gasteiger partial charge on any atom is 0.253 e. The fourth-order valence-electron chi connectivity index (χ4n) is 4.71. The van der Waals surface area contributed by atoms with Crippen LogP contribution in [0.4, 0.5) is 11.4 Å². The summed E-state index contributed by atoms with van der Waals surface area (Å²) in [5.74, 6) is 0.380. The molecule has 1 heterocycles. The topological polar surface area (TPSA) is 61.4 Å². The molecule has 1 fully saturated rings. The molecule has 4 rings (SSSR count). The van der Waals surface area contributed by atoms with Crippen LogP contribution < -0.4 is 15.5 Å². The van der Waals surface area contributed by atoms with Crippen LogP contribution in [-0.2, 0) is 4.79 Å². The predicted octanol–water partition coefficient (Wildman–Crippen LogP) is 6.08. The molecule has 3 aromatic carbocycles. The molecular formula is C31H37N3O2.